The number of sulfonamides is 1. The zero-order valence-corrected chi connectivity index (χ0v) is 10.1. The zero-order chi connectivity index (χ0) is 12.2. The summed E-state index contributed by atoms with van der Waals surface area (Å²) in [6.45, 7) is 4.68. The number of nitrogens with two attached hydrogens (primary N) is 1. The fraction of sp³-hybridized carbons (Fsp3) is 0.400. The normalized spacial score (nSPS) is 11.8. The molecule has 0 aliphatic heterocycles. The molecule has 0 radical (unpaired) electrons. The largest absolute Gasteiger partial charge is 0.493 e. The van der Waals surface area contributed by atoms with Gasteiger partial charge in [-0.15, -0.1) is 0 Å². The first-order valence-electron chi connectivity index (χ1n) is 4.91. The van der Waals surface area contributed by atoms with E-state index in [4.69, 9.17) is 10.6 Å². The van der Waals surface area contributed by atoms with Gasteiger partial charge in [0.1, 0.15) is 5.75 Å². The maximum atomic E-state index is 11.3. The molecular formula is C10H16N2O3S. The minimum absolute atomic E-state index is 0.117. The van der Waals surface area contributed by atoms with E-state index in [-0.39, 0.29) is 4.90 Å². The van der Waals surface area contributed by atoms with Crippen molar-refractivity contribution < 1.29 is 13.2 Å². The average molecular weight is 244 g/mol. The Labute approximate surface area is 95.6 Å². The number of benzene rings is 1. The van der Waals surface area contributed by atoms with E-state index in [1.165, 1.54) is 12.1 Å². The van der Waals surface area contributed by atoms with Crippen LogP contribution in [0, 0.1) is 5.92 Å². The molecule has 1 aromatic rings. The second-order valence-corrected chi connectivity index (χ2v) is 5.51. The summed E-state index contributed by atoms with van der Waals surface area (Å²) >= 11 is 0. The van der Waals surface area contributed by atoms with Crippen molar-refractivity contribution in [2.24, 2.45) is 11.8 Å². The van der Waals surface area contributed by atoms with Gasteiger partial charge in [0.25, 0.3) is 10.0 Å². The lowest BCUT2D eigenvalue weighted by molar-refractivity contribution is 0.271. The summed E-state index contributed by atoms with van der Waals surface area (Å²) in [6, 6.07) is 6.11. The molecule has 0 heterocycles. The topological polar surface area (TPSA) is 81.4 Å². The third kappa shape index (κ3) is 3.48. The lowest BCUT2D eigenvalue weighted by Crippen LogP contribution is -2.30. The maximum absolute atomic E-state index is 11.3. The first kappa shape index (κ1) is 13.0. The van der Waals surface area contributed by atoms with Gasteiger partial charge in [0.15, 0.2) is 0 Å². The second-order valence-electron chi connectivity index (χ2n) is 3.80. The molecule has 6 heteroatoms. The standard InChI is InChI=1S/C10H16N2O3S/c1-8(2)7-15-9-3-5-10(6-4-9)16(13,14)12-11/h3-6,8,12H,7,11H2,1-2H3. The summed E-state index contributed by atoms with van der Waals surface area (Å²) in [5, 5.41) is 0. The van der Waals surface area contributed by atoms with E-state index in [1.54, 1.807) is 17.0 Å². The maximum Gasteiger partial charge on any atom is 0.253 e. The van der Waals surface area contributed by atoms with Crippen LogP contribution >= 0.6 is 0 Å². The lowest BCUT2D eigenvalue weighted by atomic mass is 10.2. The summed E-state index contributed by atoms with van der Waals surface area (Å²) in [4.78, 5) is 1.88. The van der Waals surface area contributed by atoms with Crippen molar-refractivity contribution in [2.45, 2.75) is 18.7 Å². The number of rotatable bonds is 5. The number of hydrogen-bond acceptors (Lipinski definition) is 4. The van der Waals surface area contributed by atoms with Crippen LogP contribution in [0.1, 0.15) is 13.8 Å². The molecule has 1 rings (SSSR count). The van der Waals surface area contributed by atoms with E-state index in [0.717, 1.165) is 0 Å². The molecule has 0 aliphatic rings. The van der Waals surface area contributed by atoms with Gasteiger partial charge < -0.3 is 4.74 Å². The van der Waals surface area contributed by atoms with Crippen LogP contribution in [-0.4, -0.2) is 15.0 Å². The summed E-state index contributed by atoms with van der Waals surface area (Å²) in [5.41, 5.74) is 0. The number of ether oxygens (including phenoxy) is 1. The molecule has 0 bridgehead atoms. The molecule has 3 N–H and O–H groups in total. The molecular weight excluding hydrogens is 228 g/mol. The highest BCUT2D eigenvalue weighted by molar-refractivity contribution is 7.89. The Balaban J connectivity index is 2.76. The SMILES string of the molecule is CC(C)COc1ccc(S(=O)(=O)NN)cc1. The predicted octanol–water partition coefficient (Wildman–Crippen LogP) is 0.873. The molecule has 0 saturated carbocycles. The Hall–Kier alpha value is -1.11. The summed E-state index contributed by atoms with van der Waals surface area (Å²) in [7, 11) is -3.57. The van der Waals surface area contributed by atoms with E-state index >= 15 is 0 Å². The average Bonchev–Trinajstić information content (AvgIpc) is 2.27. The summed E-state index contributed by atoms with van der Waals surface area (Å²) in [5.74, 6) is 5.97. The third-order valence-electron chi connectivity index (χ3n) is 1.87. The Bertz CT molecular complexity index is 426. The van der Waals surface area contributed by atoms with Crippen molar-refractivity contribution in [3.63, 3.8) is 0 Å². The zero-order valence-electron chi connectivity index (χ0n) is 9.30. The van der Waals surface area contributed by atoms with E-state index in [2.05, 4.69) is 0 Å². The van der Waals surface area contributed by atoms with Crippen LogP contribution in [0.4, 0.5) is 0 Å². The lowest BCUT2D eigenvalue weighted by Gasteiger charge is -2.09. The molecule has 5 nitrogen and oxygen atoms in total. The van der Waals surface area contributed by atoms with E-state index in [0.29, 0.717) is 18.3 Å². The molecule has 0 fully saturated rings. The van der Waals surface area contributed by atoms with Crippen LogP contribution in [0.3, 0.4) is 0 Å². The van der Waals surface area contributed by atoms with Gasteiger partial charge in [-0.1, -0.05) is 13.8 Å². The summed E-state index contributed by atoms with van der Waals surface area (Å²) < 4.78 is 28.0. The predicted molar refractivity (Wildman–Crippen MR) is 61.3 cm³/mol. The van der Waals surface area contributed by atoms with Gasteiger partial charge in [0, 0.05) is 0 Å². The van der Waals surface area contributed by atoms with E-state index < -0.39 is 10.0 Å². The smallest absolute Gasteiger partial charge is 0.253 e. The van der Waals surface area contributed by atoms with E-state index in [1.807, 2.05) is 13.8 Å². The van der Waals surface area contributed by atoms with Gasteiger partial charge in [0.05, 0.1) is 11.5 Å². The molecule has 0 spiro atoms. The van der Waals surface area contributed by atoms with Crippen molar-refractivity contribution in [1.82, 2.24) is 4.83 Å². The fourth-order valence-corrected chi connectivity index (χ4v) is 1.68. The van der Waals surface area contributed by atoms with Crippen LogP contribution in [-0.2, 0) is 10.0 Å². The van der Waals surface area contributed by atoms with Crippen molar-refractivity contribution in [2.75, 3.05) is 6.61 Å². The van der Waals surface area contributed by atoms with E-state index in [9.17, 15) is 8.42 Å². The third-order valence-corrected chi connectivity index (χ3v) is 3.08. The highest BCUT2D eigenvalue weighted by Crippen LogP contribution is 2.15. The Morgan fingerprint density at radius 1 is 1.31 bits per heavy atom. The van der Waals surface area contributed by atoms with Gasteiger partial charge in [-0.3, -0.25) is 5.84 Å². The molecule has 16 heavy (non-hydrogen) atoms. The highest BCUT2D eigenvalue weighted by atomic mass is 32.2. The second kappa shape index (κ2) is 5.29. The molecule has 0 atom stereocenters. The molecule has 1 aromatic carbocycles. The molecule has 0 aromatic heterocycles. The van der Waals surface area contributed by atoms with Crippen LogP contribution in [0.25, 0.3) is 0 Å². The van der Waals surface area contributed by atoms with Gasteiger partial charge >= 0.3 is 0 Å². The number of hydrazine groups is 1. The Morgan fingerprint density at radius 2 is 1.88 bits per heavy atom. The summed E-state index contributed by atoms with van der Waals surface area (Å²) in [6.07, 6.45) is 0. The highest BCUT2D eigenvalue weighted by Gasteiger charge is 2.10. The minimum Gasteiger partial charge on any atom is -0.493 e. The van der Waals surface area contributed by atoms with Crippen LogP contribution in [0.15, 0.2) is 29.2 Å². The minimum atomic E-state index is -3.57. The van der Waals surface area contributed by atoms with Crippen LogP contribution < -0.4 is 15.4 Å². The van der Waals surface area contributed by atoms with Crippen molar-refractivity contribution in [1.29, 1.82) is 0 Å². The quantitative estimate of drug-likeness (QED) is 0.595. The van der Waals surface area contributed by atoms with Gasteiger partial charge in [-0.25, -0.2) is 8.42 Å². The van der Waals surface area contributed by atoms with Crippen molar-refractivity contribution in [3.8, 4) is 5.75 Å². The molecule has 0 amide bonds. The van der Waals surface area contributed by atoms with Crippen molar-refractivity contribution in [3.05, 3.63) is 24.3 Å². The number of hydrogen-bond donors (Lipinski definition) is 2. The molecule has 0 aliphatic carbocycles. The Kier molecular flexibility index (Phi) is 4.28. The number of nitrogens with one attached hydrogen (secondary N) is 1. The monoisotopic (exact) mass is 244 g/mol. The molecule has 90 valence electrons. The van der Waals surface area contributed by atoms with Crippen LogP contribution in [0.5, 0.6) is 5.75 Å². The fourth-order valence-electron chi connectivity index (χ4n) is 1.05. The van der Waals surface area contributed by atoms with Gasteiger partial charge in [0.2, 0.25) is 0 Å². The first-order chi connectivity index (χ1) is 7.45. The molecule has 0 saturated heterocycles. The van der Waals surface area contributed by atoms with Crippen LogP contribution in [0.2, 0.25) is 0 Å². The van der Waals surface area contributed by atoms with Gasteiger partial charge in [-0.05, 0) is 30.2 Å². The van der Waals surface area contributed by atoms with Gasteiger partial charge in [-0.2, -0.15) is 4.83 Å². The Morgan fingerprint density at radius 3 is 2.31 bits per heavy atom. The van der Waals surface area contributed by atoms with Crippen molar-refractivity contribution >= 4 is 10.0 Å². The first-order valence-corrected chi connectivity index (χ1v) is 6.39. The molecule has 0 unspecified atom stereocenters.